The average molecular weight is 322 g/mol. The molecule has 3 heteroatoms. The van der Waals surface area contributed by atoms with Gasteiger partial charge in [0.15, 0.2) is 0 Å². The first kappa shape index (κ1) is 21.6. The minimum Gasteiger partial charge on any atom is -0.481 e. The maximum absolute atomic E-state index is 10.3. The van der Waals surface area contributed by atoms with E-state index in [0.717, 1.165) is 38.5 Å². The van der Waals surface area contributed by atoms with E-state index >= 15 is 0 Å². The van der Waals surface area contributed by atoms with Gasteiger partial charge in [-0.05, 0) is 38.5 Å². The van der Waals surface area contributed by atoms with E-state index in [1.807, 2.05) is 18.2 Å². The Hall–Kier alpha value is -1.35. The second kappa shape index (κ2) is 17.0. The van der Waals surface area contributed by atoms with Gasteiger partial charge in [-0.3, -0.25) is 4.79 Å². The first-order valence-electron chi connectivity index (χ1n) is 9.05. The third-order valence-corrected chi connectivity index (χ3v) is 3.61. The van der Waals surface area contributed by atoms with E-state index in [2.05, 4.69) is 25.2 Å². The molecule has 0 aliphatic carbocycles. The number of hydrogen-bond donors (Lipinski definition) is 2. The monoisotopic (exact) mass is 322 g/mol. The van der Waals surface area contributed by atoms with Gasteiger partial charge < -0.3 is 10.2 Å². The second-order valence-electron chi connectivity index (χ2n) is 5.93. The predicted molar refractivity (Wildman–Crippen MR) is 97.5 cm³/mol. The minimum atomic E-state index is -0.704. The second-order valence-corrected chi connectivity index (χ2v) is 5.93. The van der Waals surface area contributed by atoms with Gasteiger partial charge in [-0.25, -0.2) is 0 Å². The quantitative estimate of drug-likeness (QED) is 0.241. The number of rotatable bonds is 15. The Morgan fingerprint density at radius 1 is 0.913 bits per heavy atom. The fraction of sp³-hybridized carbons (Fsp3) is 0.650. The van der Waals surface area contributed by atoms with E-state index in [1.54, 1.807) is 0 Å². The predicted octanol–water partition coefficient (Wildman–Crippen LogP) is 5.41. The fourth-order valence-corrected chi connectivity index (χ4v) is 2.20. The van der Waals surface area contributed by atoms with E-state index in [-0.39, 0.29) is 6.42 Å². The lowest BCUT2D eigenvalue weighted by atomic mass is 10.1. The lowest BCUT2D eigenvalue weighted by Crippen LogP contribution is -1.98. The van der Waals surface area contributed by atoms with Crippen molar-refractivity contribution in [3.63, 3.8) is 0 Å². The molecule has 0 radical (unpaired) electrons. The zero-order valence-corrected chi connectivity index (χ0v) is 14.6. The molecule has 0 aromatic rings. The number of carbonyl (C=O) groups is 1. The van der Waals surface area contributed by atoms with Crippen LogP contribution in [0.25, 0.3) is 0 Å². The van der Waals surface area contributed by atoms with Gasteiger partial charge in [0, 0.05) is 6.42 Å². The van der Waals surface area contributed by atoms with Crippen molar-refractivity contribution in [2.24, 2.45) is 0 Å². The first-order valence-corrected chi connectivity index (χ1v) is 9.05. The fourth-order valence-electron chi connectivity index (χ4n) is 2.20. The SMILES string of the molecule is CCCCC/C=C/CC(O)/C=C/C=C/CCCCCCC(=O)O. The Balaban J connectivity index is 3.50. The summed E-state index contributed by atoms with van der Waals surface area (Å²) in [5, 5.41) is 18.3. The van der Waals surface area contributed by atoms with Crippen LogP contribution in [0.15, 0.2) is 36.5 Å². The summed E-state index contributed by atoms with van der Waals surface area (Å²) < 4.78 is 0. The summed E-state index contributed by atoms with van der Waals surface area (Å²) in [4.78, 5) is 10.3. The van der Waals surface area contributed by atoms with Crippen LogP contribution in [-0.2, 0) is 4.79 Å². The third-order valence-electron chi connectivity index (χ3n) is 3.61. The topological polar surface area (TPSA) is 57.5 Å². The zero-order valence-electron chi connectivity index (χ0n) is 14.6. The average Bonchev–Trinajstić information content (AvgIpc) is 2.52. The minimum absolute atomic E-state index is 0.281. The number of carboxylic acid groups (broad SMARTS) is 1. The van der Waals surface area contributed by atoms with E-state index in [1.165, 1.54) is 19.3 Å². The Labute approximate surface area is 141 Å². The van der Waals surface area contributed by atoms with Crippen molar-refractivity contribution in [1.82, 2.24) is 0 Å². The van der Waals surface area contributed by atoms with Crippen LogP contribution in [0, 0.1) is 0 Å². The van der Waals surface area contributed by atoms with Gasteiger partial charge >= 0.3 is 5.97 Å². The Kier molecular flexibility index (Phi) is 16.0. The lowest BCUT2D eigenvalue weighted by Gasteiger charge is -1.99. The maximum Gasteiger partial charge on any atom is 0.303 e. The number of allylic oxidation sites excluding steroid dienone is 4. The summed E-state index contributed by atoms with van der Waals surface area (Å²) in [7, 11) is 0. The van der Waals surface area contributed by atoms with E-state index in [0.29, 0.717) is 6.42 Å². The van der Waals surface area contributed by atoms with Crippen molar-refractivity contribution >= 4 is 5.97 Å². The van der Waals surface area contributed by atoms with Crippen LogP contribution in [0.3, 0.4) is 0 Å². The normalized spacial score (nSPS) is 13.5. The smallest absolute Gasteiger partial charge is 0.303 e. The van der Waals surface area contributed by atoms with Crippen molar-refractivity contribution in [1.29, 1.82) is 0 Å². The van der Waals surface area contributed by atoms with Crippen LogP contribution in [-0.4, -0.2) is 22.3 Å². The molecule has 2 N–H and O–H groups in total. The molecule has 0 aromatic carbocycles. The van der Waals surface area contributed by atoms with E-state index in [9.17, 15) is 9.90 Å². The van der Waals surface area contributed by atoms with Crippen LogP contribution in [0.5, 0.6) is 0 Å². The van der Waals surface area contributed by atoms with Crippen molar-refractivity contribution in [2.45, 2.75) is 83.7 Å². The summed E-state index contributed by atoms with van der Waals surface area (Å²) in [5.74, 6) is -0.704. The molecule has 0 saturated heterocycles. The van der Waals surface area contributed by atoms with Crippen molar-refractivity contribution in [3.8, 4) is 0 Å². The number of hydrogen-bond acceptors (Lipinski definition) is 2. The Morgan fingerprint density at radius 3 is 2.35 bits per heavy atom. The molecule has 0 saturated carbocycles. The summed E-state index contributed by atoms with van der Waals surface area (Å²) in [6.45, 7) is 2.20. The van der Waals surface area contributed by atoms with Gasteiger partial charge in [0.25, 0.3) is 0 Å². The molecule has 132 valence electrons. The molecular weight excluding hydrogens is 288 g/mol. The summed E-state index contributed by atoms with van der Waals surface area (Å²) >= 11 is 0. The molecule has 1 atom stereocenters. The highest BCUT2D eigenvalue weighted by Crippen LogP contribution is 2.06. The van der Waals surface area contributed by atoms with Gasteiger partial charge in [-0.15, -0.1) is 0 Å². The van der Waals surface area contributed by atoms with Crippen molar-refractivity contribution in [3.05, 3.63) is 36.5 Å². The molecule has 23 heavy (non-hydrogen) atoms. The van der Waals surface area contributed by atoms with Gasteiger partial charge in [-0.1, -0.05) is 69.1 Å². The molecule has 0 aromatic heterocycles. The molecule has 1 unspecified atom stereocenters. The number of aliphatic hydroxyl groups excluding tert-OH is 1. The number of aliphatic hydroxyl groups is 1. The Morgan fingerprint density at radius 2 is 1.61 bits per heavy atom. The summed E-state index contributed by atoms with van der Waals surface area (Å²) in [6, 6.07) is 0. The van der Waals surface area contributed by atoms with Crippen LogP contribution in [0.4, 0.5) is 0 Å². The maximum atomic E-state index is 10.3. The molecule has 0 heterocycles. The largest absolute Gasteiger partial charge is 0.481 e. The van der Waals surface area contributed by atoms with E-state index < -0.39 is 12.1 Å². The highest BCUT2D eigenvalue weighted by Gasteiger charge is 1.95. The first-order chi connectivity index (χ1) is 11.2. The Bertz CT molecular complexity index is 356. The summed E-state index contributed by atoms with van der Waals surface area (Å²) in [6.07, 6.45) is 22.4. The van der Waals surface area contributed by atoms with Crippen LogP contribution in [0.1, 0.15) is 77.6 Å². The number of carboxylic acids is 1. The van der Waals surface area contributed by atoms with Crippen LogP contribution < -0.4 is 0 Å². The highest BCUT2D eigenvalue weighted by atomic mass is 16.4. The molecule has 0 fully saturated rings. The van der Waals surface area contributed by atoms with Gasteiger partial charge in [-0.2, -0.15) is 0 Å². The van der Waals surface area contributed by atoms with Crippen LogP contribution >= 0.6 is 0 Å². The molecule has 0 aliphatic rings. The van der Waals surface area contributed by atoms with Crippen LogP contribution in [0.2, 0.25) is 0 Å². The third kappa shape index (κ3) is 18.6. The molecule has 0 aliphatic heterocycles. The van der Waals surface area contributed by atoms with Crippen molar-refractivity contribution < 1.29 is 15.0 Å². The molecular formula is C20H34O3. The van der Waals surface area contributed by atoms with E-state index in [4.69, 9.17) is 5.11 Å². The molecule has 0 rings (SSSR count). The molecule has 3 nitrogen and oxygen atoms in total. The van der Waals surface area contributed by atoms with Gasteiger partial charge in [0.1, 0.15) is 0 Å². The van der Waals surface area contributed by atoms with Crippen molar-refractivity contribution in [2.75, 3.05) is 0 Å². The molecule has 0 spiro atoms. The molecule has 0 bridgehead atoms. The van der Waals surface area contributed by atoms with Gasteiger partial charge in [0.2, 0.25) is 0 Å². The highest BCUT2D eigenvalue weighted by molar-refractivity contribution is 5.66. The summed E-state index contributed by atoms with van der Waals surface area (Å²) in [5.41, 5.74) is 0. The standard InChI is InChI=1S/C20H34O3/c1-2-3-4-5-10-13-16-19(21)17-14-11-8-6-7-9-12-15-18-20(22)23/h8,10-11,13-14,17,19,21H,2-7,9,12,15-16,18H2,1H3,(H,22,23)/b11-8+,13-10+,17-14+. The molecule has 0 amide bonds. The van der Waals surface area contributed by atoms with Gasteiger partial charge in [0.05, 0.1) is 6.10 Å². The lowest BCUT2D eigenvalue weighted by molar-refractivity contribution is -0.137. The zero-order chi connectivity index (χ0) is 17.2. The number of aliphatic carboxylic acids is 1. The number of unbranched alkanes of at least 4 members (excludes halogenated alkanes) is 7.